The molecule has 0 amide bonds. The highest BCUT2D eigenvalue weighted by molar-refractivity contribution is 9.10. The summed E-state index contributed by atoms with van der Waals surface area (Å²) in [6.45, 7) is 1.92. The van der Waals surface area contributed by atoms with Crippen molar-refractivity contribution in [3.8, 4) is 5.75 Å². The van der Waals surface area contributed by atoms with Crippen LogP contribution in [0.4, 0.5) is 13.2 Å². The Morgan fingerprint density at radius 1 is 1.42 bits per heavy atom. The first-order valence-corrected chi connectivity index (χ1v) is 7.43. The minimum Gasteiger partial charge on any atom is -0.492 e. The second-order valence-corrected chi connectivity index (χ2v) is 6.10. The zero-order valence-corrected chi connectivity index (χ0v) is 12.7. The third-order valence-electron chi connectivity index (χ3n) is 2.16. The molecule has 1 unspecified atom stereocenters. The van der Waals surface area contributed by atoms with Crippen molar-refractivity contribution in [1.82, 2.24) is 0 Å². The molecule has 0 radical (unpaired) electrons. The van der Waals surface area contributed by atoms with Gasteiger partial charge in [0.05, 0.1) is 11.1 Å². The van der Waals surface area contributed by atoms with Gasteiger partial charge in [0.15, 0.2) is 0 Å². The largest absolute Gasteiger partial charge is 0.492 e. The molecule has 1 aromatic rings. The first-order valence-electron chi connectivity index (χ1n) is 5.65. The number of alkyl halides is 3. The number of ether oxygens (including phenoxy) is 1. The minimum absolute atomic E-state index is 0.00934. The van der Waals surface area contributed by atoms with E-state index >= 15 is 0 Å². The Balaban J connectivity index is 2.46. The summed E-state index contributed by atoms with van der Waals surface area (Å²) in [6, 6.07) is 5.53. The average molecular weight is 358 g/mol. The molecule has 108 valence electrons. The third-order valence-corrected chi connectivity index (χ3v) is 3.48. The van der Waals surface area contributed by atoms with Crippen LogP contribution in [0.5, 0.6) is 5.75 Å². The number of halogens is 4. The summed E-state index contributed by atoms with van der Waals surface area (Å²) in [6.07, 6.45) is 0.739. The van der Waals surface area contributed by atoms with Gasteiger partial charge in [0, 0.05) is 11.8 Å². The van der Waals surface area contributed by atoms with Crippen LogP contribution < -0.4 is 10.5 Å². The van der Waals surface area contributed by atoms with Crippen LogP contribution in [0.3, 0.4) is 0 Å². The lowest BCUT2D eigenvalue weighted by Crippen LogP contribution is -2.17. The average Bonchev–Trinajstić information content (AvgIpc) is 2.24. The molecular weight excluding hydrogens is 343 g/mol. The fourth-order valence-electron chi connectivity index (χ4n) is 1.47. The second-order valence-electron chi connectivity index (χ2n) is 4.09. The molecule has 0 spiro atoms. The van der Waals surface area contributed by atoms with E-state index in [-0.39, 0.29) is 30.2 Å². The SMILES string of the molecule is CC(N)Cc1ccc(OCCSC(F)(F)F)c(Br)c1. The van der Waals surface area contributed by atoms with Gasteiger partial charge < -0.3 is 10.5 Å². The van der Waals surface area contributed by atoms with E-state index in [0.29, 0.717) is 5.75 Å². The Hall–Kier alpha value is -0.400. The minimum atomic E-state index is -4.21. The van der Waals surface area contributed by atoms with Crippen LogP contribution in [0.25, 0.3) is 0 Å². The van der Waals surface area contributed by atoms with Crippen molar-refractivity contribution in [1.29, 1.82) is 0 Å². The Kier molecular flexibility index (Phi) is 6.49. The van der Waals surface area contributed by atoms with Gasteiger partial charge >= 0.3 is 5.51 Å². The Morgan fingerprint density at radius 2 is 2.11 bits per heavy atom. The number of nitrogens with two attached hydrogens (primary N) is 1. The molecule has 1 aromatic carbocycles. The fraction of sp³-hybridized carbons (Fsp3) is 0.500. The highest BCUT2D eigenvalue weighted by Crippen LogP contribution is 2.31. The third kappa shape index (κ3) is 7.08. The molecule has 2 N–H and O–H groups in total. The lowest BCUT2D eigenvalue weighted by molar-refractivity contribution is -0.0329. The van der Waals surface area contributed by atoms with Crippen LogP contribution >= 0.6 is 27.7 Å². The van der Waals surface area contributed by atoms with Crippen molar-refractivity contribution in [3.63, 3.8) is 0 Å². The van der Waals surface area contributed by atoms with Gasteiger partial charge in [-0.2, -0.15) is 13.2 Å². The summed E-state index contributed by atoms with van der Waals surface area (Å²) in [4.78, 5) is 0. The molecule has 7 heteroatoms. The number of hydrogen-bond acceptors (Lipinski definition) is 3. The molecule has 0 aliphatic carbocycles. The van der Waals surface area contributed by atoms with Gasteiger partial charge in [0.2, 0.25) is 0 Å². The lowest BCUT2D eigenvalue weighted by atomic mass is 10.1. The van der Waals surface area contributed by atoms with E-state index in [1.54, 1.807) is 6.07 Å². The summed E-state index contributed by atoms with van der Waals surface area (Å²) in [5.41, 5.74) is 2.54. The van der Waals surface area contributed by atoms with Gasteiger partial charge in [-0.05, 0) is 58.7 Å². The van der Waals surface area contributed by atoms with E-state index < -0.39 is 5.51 Å². The molecule has 1 rings (SSSR count). The molecule has 0 aromatic heterocycles. The maximum Gasteiger partial charge on any atom is 0.441 e. The molecule has 0 fully saturated rings. The standard InChI is InChI=1S/C12H15BrF3NOS/c1-8(17)6-9-2-3-11(10(13)7-9)18-4-5-19-12(14,15)16/h2-3,7-8H,4-6,17H2,1H3. The van der Waals surface area contributed by atoms with Crippen molar-refractivity contribution in [2.75, 3.05) is 12.4 Å². The molecule has 0 aliphatic heterocycles. The monoisotopic (exact) mass is 357 g/mol. The highest BCUT2D eigenvalue weighted by Gasteiger charge is 2.27. The van der Waals surface area contributed by atoms with Crippen molar-refractivity contribution in [3.05, 3.63) is 28.2 Å². The maximum atomic E-state index is 11.9. The van der Waals surface area contributed by atoms with Gasteiger partial charge in [-0.25, -0.2) is 0 Å². The Morgan fingerprint density at radius 3 is 2.63 bits per heavy atom. The molecule has 19 heavy (non-hydrogen) atoms. The first-order chi connectivity index (χ1) is 8.78. The molecule has 0 saturated heterocycles. The van der Waals surface area contributed by atoms with Gasteiger partial charge in [-0.3, -0.25) is 0 Å². The number of rotatable bonds is 6. The van der Waals surface area contributed by atoms with E-state index in [4.69, 9.17) is 10.5 Å². The van der Waals surface area contributed by atoms with Gasteiger partial charge in [-0.1, -0.05) is 6.07 Å². The van der Waals surface area contributed by atoms with Gasteiger partial charge in [0.1, 0.15) is 5.75 Å². The molecule has 0 aliphatic rings. The summed E-state index contributed by atoms with van der Waals surface area (Å²) in [5.74, 6) is 0.411. The summed E-state index contributed by atoms with van der Waals surface area (Å²) in [5, 5.41) is 0. The fourth-order valence-corrected chi connectivity index (χ4v) is 2.41. The van der Waals surface area contributed by atoms with E-state index in [9.17, 15) is 13.2 Å². The number of benzene rings is 1. The van der Waals surface area contributed by atoms with Crippen LogP contribution in [0, 0.1) is 0 Å². The smallest absolute Gasteiger partial charge is 0.441 e. The quantitative estimate of drug-likeness (QED) is 0.782. The van der Waals surface area contributed by atoms with Crippen LogP contribution in [0.1, 0.15) is 12.5 Å². The van der Waals surface area contributed by atoms with Crippen molar-refractivity contribution >= 4 is 27.7 Å². The van der Waals surface area contributed by atoms with Gasteiger partial charge in [0.25, 0.3) is 0 Å². The van der Waals surface area contributed by atoms with Crippen LogP contribution in [0.2, 0.25) is 0 Å². The second kappa shape index (κ2) is 7.40. The highest BCUT2D eigenvalue weighted by atomic mass is 79.9. The maximum absolute atomic E-state index is 11.9. The molecule has 0 heterocycles. The van der Waals surface area contributed by atoms with Crippen molar-refractivity contribution in [2.45, 2.75) is 24.9 Å². The van der Waals surface area contributed by atoms with E-state index in [1.165, 1.54) is 0 Å². The zero-order chi connectivity index (χ0) is 14.5. The van der Waals surface area contributed by atoms with E-state index in [1.807, 2.05) is 19.1 Å². The summed E-state index contributed by atoms with van der Waals surface area (Å²) in [7, 11) is 0. The Bertz CT molecular complexity index is 412. The van der Waals surface area contributed by atoms with Crippen LogP contribution in [-0.2, 0) is 6.42 Å². The normalized spacial score (nSPS) is 13.4. The topological polar surface area (TPSA) is 35.2 Å². The predicted octanol–water partition coefficient (Wildman–Crippen LogP) is 3.97. The Labute approximate surface area is 123 Å². The molecule has 2 nitrogen and oxygen atoms in total. The number of thioether (sulfide) groups is 1. The van der Waals surface area contributed by atoms with E-state index in [2.05, 4.69) is 15.9 Å². The van der Waals surface area contributed by atoms with Crippen molar-refractivity contribution < 1.29 is 17.9 Å². The first kappa shape index (κ1) is 16.7. The summed E-state index contributed by atoms with van der Waals surface area (Å²) < 4.78 is 41.8. The lowest BCUT2D eigenvalue weighted by Gasteiger charge is -2.11. The summed E-state index contributed by atoms with van der Waals surface area (Å²) >= 11 is 3.25. The predicted molar refractivity (Wildman–Crippen MR) is 75.5 cm³/mol. The molecule has 1 atom stereocenters. The molecule has 0 bridgehead atoms. The number of hydrogen-bond donors (Lipinski definition) is 1. The van der Waals surface area contributed by atoms with E-state index in [0.717, 1.165) is 16.5 Å². The zero-order valence-electron chi connectivity index (χ0n) is 10.3. The molecule has 0 saturated carbocycles. The van der Waals surface area contributed by atoms with Gasteiger partial charge in [-0.15, -0.1) is 0 Å². The van der Waals surface area contributed by atoms with Crippen LogP contribution in [-0.4, -0.2) is 23.9 Å². The van der Waals surface area contributed by atoms with Crippen molar-refractivity contribution in [2.24, 2.45) is 5.73 Å². The molecular formula is C12H15BrF3NOS. The van der Waals surface area contributed by atoms with Crippen LogP contribution in [0.15, 0.2) is 22.7 Å².